The van der Waals surface area contributed by atoms with Crippen LogP contribution in [0.4, 0.5) is 10.6 Å². The zero-order chi connectivity index (χ0) is 20.8. The number of carbonyl (C=O) groups is 2. The molecule has 3 rings (SSSR count). The molecule has 0 unspecified atom stereocenters. The van der Waals surface area contributed by atoms with Gasteiger partial charge >= 0.3 is 6.09 Å². The Bertz CT molecular complexity index is 724. The number of halogens is 1. The van der Waals surface area contributed by atoms with E-state index in [0.29, 0.717) is 43.1 Å². The molecule has 0 bridgehead atoms. The summed E-state index contributed by atoms with van der Waals surface area (Å²) in [7, 11) is 2.10. The quantitative estimate of drug-likeness (QED) is 0.383. The first-order valence-electron chi connectivity index (χ1n) is 9.76. The van der Waals surface area contributed by atoms with Crippen molar-refractivity contribution in [2.24, 2.45) is 0 Å². The Morgan fingerprint density at radius 2 is 1.72 bits per heavy atom. The van der Waals surface area contributed by atoms with Crippen LogP contribution in [-0.4, -0.2) is 108 Å². The number of hydrogen-bond acceptors (Lipinski definition) is 8. The van der Waals surface area contributed by atoms with Crippen LogP contribution < -0.4 is 4.90 Å². The molecular formula is C18H27ClN6O3S. The van der Waals surface area contributed by atoms with Gasteiger partial charge in [0.2, 0.25) is 5.91 Å². The van der Waals surface area contributed by atoms with E-state index in [1.807, 2.05) is 0 Å². The fraction of sp³-hybridized carbons (Fsp3) is 0.667. The van der Waals surface area contributed by atoms with Crippen molar-refractivity contribution in [2.75, 3.05) is 76.7 Å². The van der Waals surface area contributed by atoms with Crippen molar-refractivity contribution in [1.29, 1.82) is 0 Å². The Hall–Kier alpha value is -1.78. The molecule has 2 aliphatic heterocycles. The summed E-state index contributed by atoms with van der Waals surface area (Å²) in [5.74, 6) is 1.04. The van der Waals surface area contributed by atoms with Crippen molar-refractivity contribution in [3.8, 4) is 0 Å². The number of hydrogen-bond donors (Lipinski definition) is 0. The molecule has 0 atom stereocenters. The van der Waals surface area contributed by atoms with Crippen LogP contribution in [0.3, 0.4) is 0 Å². The average Bonchev–Trinajstić information content (AvgIpc) is 2.72. The van der Waals surface area contributed by atoms with Gasteiger partial charge in [0.05, 0.1) is 12.4 Å². The average molecular weight is 443 g/mol. The minimum absolute atomic E-state index is 0.00299. The second-order valence-corrected chi connectivity index (χ2v) is 8.31. The van der Waals surface area contributed by atoms with Crippen LogP contribution in [0, 0.1) is 0 Å². The van der Waals surface area contributed by atoms with Crippen LogP contribution in [0.1, 0.15) is 6.92 Å². The summed E-state index contributed by atoms with van der Waals surface area (Å²) in [6.45, 7) is 7.82. The SMILES string of the molecule is CCOC(=O)N1CCN(C(=O)CSc2nc(Cl)cc(N3CCN(C)CC3)n2)CC1. The summed E-state index contributed by atoms with van der Waals surface area (Å²) in [6, 6.07) is 1.77. The lowest BCUT2D eigenvalue weighted by Crippen LogP contribution is -2.51. The molecule has 0 aromatic carbocycles. The van der Waals surface area contributed by atoms with E-state index in [1.165, 1.54) is 11.8 Å². The van der Waals surface area contributed by atoms with Crippen LogP contribution in [0.2, 0.25) is 5.15 Å². The van der Waals surface area contributed by atoms with Crippen molar-refractivity contribution in [3.05, 3.63) is 11.2 Å². The molecule has 0 saturated carbocycles. The topological polar surface area (TPSA) is 82.1 Å². The molecule has 3 heterocycles. The van der Waals surface area contributed by atoms with Crippen molar-refractivity contribution >= 4 is 41.2 Å². The highest BCUT2D eigenvalue weighted by molar-refractivity contribution is 7.99. The highest BCUT2D eigenvalue weighted by Crippen LogP contribution is 2.23. The first-order valence-corrected chi connectivity index (χ1v) is 11.1. The number of aromatic nitrogens is 2. The van der Waals surface area contributed by atoms with Gasteiger partial charge in [0.1, 0.15) is 11.0 Å². The molecular weight excluding hydrogens is 416 g/mol. The van der Waals surface area contributed by atoms with Crippen LogP contribution >= 0.6 is 23.4 Å². The second-order valence-electron chi connectivity index (χ2n) is 6.98. The molecule has 29 heavy (non-hydrogen) atoms. The molecule has 0 spiro atoms. The molecule has 0 N–H and O–H groups in total. The largest absolute Gasteiger partial charge is 0.450 e. The summed E-state index contributed by atoms with van der Waals surface area (Å²) in [5.41, 5.74) is 0. The van der Waals surface area contributed by atoms with Gasteiger partial charge in [-0.3, -0.25) is 4.79 Å². The highest BCUT2D eigenvalue weighted by Gasteiger charge is 2.25. The van der Waals surface area contributed by atoms with E-state index in [-0.39, 0.29) is 17.8 Å². The molecule has 0 radical (unpaired) electrons. The van der Waals surface area contributed by atoms with E-state index in [0.717, 1.165) is 32.0 Å². The fourth-order valence-corrected chi connectivity index (χ4v) is 4.20. The molecule has 1 aromatic heterocycles. The Morgan fingerprint density at radius 3 is 2.38 bits per heavy atom. The number of rotatable bonds is 5. The number of ether oxygens (including phenoxy) is 1. The van der Waals surface area contributed by atoms with Gasteiger partial charge in [-0.05, 0) is 14.0 Å². The first-order chi connectivity index (χ1) is 14.0. The van der Waals surface area contributed by atoms with Gasteiger partial charge in [0.15, 0.2) is 5.16 Å². The maximum Gasteiger partial charge on any atom is 0.409 e. The molecule has 2 saturated heterocycles. The molecule has 9 nitrogen and oxygen atoms in total. The van der Waals surface area contributed by atoms with E-state index in [4.69, 9.17) is 16.3 Å². The zero-order valence-electron chi connectivity index (χ0n) is 16.8. The summed E-state index contributed by atoms with van der Waals surface area (Å²) < 4.78 is 5.00. The Kier molecular flexibility index (Phi) is 7.79. The van der Waals surface area contributed by atoms with E-state index in [9.17, 15) is 9.59 Å². The Balaban J connectivity index is 1.51. The number of piperazine rings is 2. The number of thioether (sulfide) groups is 1. The Labute approximate surface area is 180 Å². The third-order valence-corrected chi connectivity index (χ3v) is 6.00. The van der Waals surface area contributed by atoms with Crippen molar-refractivity contribution in [1.82, 2.24) is 24.7 Å². The van der Waals surface area contributed by atoms with Gasteiger partial charge in [-0.1, -0.05) is 23.4 Å². The lowest BCUT2D eigenvalue weighted by Gasteiger charge is -2.34. The fourth-order valence-electron chi connectivity index (χ4n) is 3.22. The lowest BCUT2D eigenvalue weighted by atomic mass is 10.3. The van der Waals surface area contributed by atoms with Gasteiger partial charge in [0, 0.05) is 58.4 Å². The van der Waals surface area contributed by atoms with Gasteiger partial charge in [-0.25, -0.2) is 14.8 Å². The smallest absolute Gasteiger partial charge is 0.409 e. The summed E-state index contributed by atoms with van der Waals surface area (Å²) in [6.07, 6.45) is -0.322. The molecule has 1 aromatic rings. The molecule has 0 aliphatic carbocycles. The van der Waals surface area contributed by atoms with Gasteiger partial charge < -0.3 is 24.3 Å². The van der Waals surface area contributed by atoms with E-state index in [2.05, 4.69) is 26.8 Å². The number of likely N-dealkylation sites (N-methyl/N-ethyl adjacent to an activating group) is 1. The molecule has 11 heteroatoms. The summed E-state index contributed by atoms with van der Waals surface area (Å²) >= 11 is 7.48. The normalized spacial score (nSPS) is 18.1. The lowest BCUT2D eigenvalue weighted by molar-refractivity contribution is -0.129. The van der Waals surface area contributed by atoms with Gasteiger partial charge in [0.25, 0.3) is 0 Å². The standard InChI is InChI=1S/C18H27ClN6O3S/c1-3-28-18(27)25-10-8-24(9-11-25)16(26)13-29-17-20-14(19)12-15(21-17)23-6-4-22(2)5-7-23/h12H,3-11,13H2,1-2H3. The first kappa shape index (κ1) is 21.9. The third-order valence-electron chi connectivity index (χ3n) is 4.97. The predicted octanol–water partition coefficient (Wildman–Crippen LogP) is 1.27. The number of nitrogens with zero attached hydrogens (tertiary/aromatic N) is 6. The number of anilines is 1. The van der Waals surface area contributed by atoms with Gasteiger partial charge in [-0.2, -0.15) is 0 Å². The molecule has 2 aliphatic rings. The molecule has 160 valence electrons. The Morgan fingerprint density at radius 1 is 1.07 bits per heavy atom. The summed E-state index contributed by atoms with van der Waals surface area (Å²) in [5, 5.41) is 0.886. The van der Waals surface area contributed by atoms with Crippen LogP contribution in [0.25, 0.3) is 0 Å². The number of amides is 2. The maximum atomic E-state index is 12.5. The van der Waals surface area contributed by atoms with Gasteiger partial charge in [-0.15, -0.1) is 0 Å². The predicted molar refractivity (Wildman–Crippen MR) is 113 cm³/mol. The third kappa shape index (κ3) is 6.10. The highest BCUT2D eigenvalue weighted by atomic mass is 35.5. The monoisotopic (exact) mass is 442 g/mol. The van der Waals surface area contributed by atoms with Crippen LogP contribution in [0.5, 0.6) is 0 Å². The van der Waals surface area contributed by atoms with Crippen molar-refractivity contribution in [2.45, 2.75) is 12.1 Å². The minimum Gasteiger partial charge on any atom is -0.450 e. The van der Waals surface area contributed by atoms with E-state index in [1.54, 1.807) is 22.8 Å². The van der Waals surface area contributed by atoms with E-state index < -0.39 is 0 Å². The minimum atomic E-state index is -0.322. The maximum absolute atomic E-state index is 12.5. The van der Waals surface area contributed by atoms with Crippen molar-refractivity contribution in [3.63, 3.8) is 0 Å². The van der Waals surface area contributed by atoms with Crippen LogP contribution in [-0.2, 0) is 9.53 Å². The van der Waals surface area contributed by atoms with Crippen LogP contribution in [0.15, 0.2) is 11.2 Å². The summed E-state index contributed by atoms with van der Waals surface area (Å²) in [4.78, 5) is 41.0. The number of carbonyl (C=O) groups excluding carboxylic acids is 2. The van der Waals surface area contributed by atoms with E-state index >= 15 is 0 Å². The molecule has 2 fully saturated rings. The zero-order valence-corrected chi connectivity index (χ0v) is 18.4. The van der Waals surface area contributed by atoms with Crippen molar-refractivity contribution < 1.29 is 14.3 Å². The molecule has 2 amide bonds. The second kappa shape index (κ2) is 10.3.